The molecule has 0 saturated carbocycles. The van der Waals surface area contributed by atoms with Gasteiger partial charge in [-0.3, -0.25) is 0 Å². The minimum absolute atomic E-state index is 1.02. The Bertz CT molecular complexity index is 441. The molecule has 2 aromatic carbocycles. The third kappa shape index (κ3) is 2.52. The minimum atomic E-state index is 1.02. The van der Waals surface area contributed by atoms with Crippen molar-refractivity contribution < 1.29 is 0 Å². The van der Waals surface area contributed by atoms with Crippen molar-refractivity contribution in [3.8, 4) is 0 Å². The van der Waals surface area contributed by atoms with Crippen molar-refractivity contribution in [3.05, 3.63) is 77.2 Å². The number of hydrogen-bond donors (Lipinski definition) is 0. The summed E-state index contributed by atoms with van der Waals surface area (Å²) in [6.07, 6.45) is 1.02. The summed E-state index contributed by atoms with van der Waals surface area (Å²) < 4.78 is 0. The molecule has 0 fully saturated rings. The van der Waals surface area contributed by atoms with Crippen LogP contribution in [-0.2, 0) is 6.42 Å². The largest absolute Gasteiger partial charge is 0.0622 e. The zero-order valence-electron chi connectivity index (χ0n) is 9.90. The second kappa shape index (κ2) is 4.98. The summed E-state index contributed by atoms with van der Waals surface area (Å²) >= 11 is 0. The van der Waals surface area contributed by atoms with E-state index < -0.39 is 0 Å². The first-order valence-corrected chi connectivity index (χ1v) is 5.70. The molecule has 0 heterocycles. The van der Waals surface area contributed by atoms with Crippen LogP contribution in [0.25, 0.3) is 0 Å². The van der Waals surface area contributed by atoms with Gasteiger partial charge in [-0.1, -0.05) is 68.4 Å². The van der Waals surface area contributed by atoms with E-state index in [2.05, 4.69) is 68.4 Å². The van der Waals surface area contributed by atoms with Gasteiger partial charge in [0.05, 0.1) is 0 Å². The van der Waals surface area contributed by atoms with Crippen LogP contribution in [-0.4, -0.2) is 0 Å². The Labute approximate surface area is 97.9 Å². The van der Waals surface area contributed by atoms with Gasteiger partial charge in [0.15, 0.2) is 0 Å². The van der Waals surface area contributed by atoms with Crippen LogP contribution in [0.1, 0.15) is 30.5 Å². The molecular formula is C16H17. The summed E-state index contributed by atoms with van der Waals surface area (Å²) in [5, 5.41) is 0. The molecule has 0 heteroatoms. The lowest BCUT2D eigenvalue weighted by Gasteiger charge is -2.12. The van der Waals surface area contributed by atoms with Crippen LogP contribution in [0.2, 0.25) is 0 Å². The van der Waals surface area contributed by atoms with E-state index in [1.807, 2.05) is 0 Å². The molecule has 0 bridgehead atoms. The Morgan fingerprint density at radius 2 is 1.44 bits per heavy atom. The highest BCUT2D eigenvalue weighted by atomic mass is 14.1. The van der Waals surface area contributed by atoms with Crippen molar-refractivity contribution in [2.75, 3.05) is 0 Å². The van der Waals surface area contributed by atoms with Gasteiger partial charge in [0, 0.05) is 0 Å². The van der Waals surface area contributed by atoms with Crippen LogP contribution in [0.5, 0.6) is 0 Å². The lowest BCUT2D eigenvalue weighted by molar-refractivity contribution is 1.08. The van der Waals surface area contributed by atoms with Crippen molar-refractivity contribution in [1.82, 2.24) is 0 Å². The van der Waals surface area contributed by atoms with E-state index >= 15 is 0 Å². The molecule has 0 unspecified atom stereocenters. The average Bonchev–Trinajstić information content (AvgIpc) is 2.31. The molecule has 0 aliphatic heterocycles. The Kier molecular flexibility index (Phi) is 3.40. The Hall–Kier alpha value is -1.56. The second-order valence-corrected chi connectivity index (χ2v) is 4.32. The number of benzene rings is 2. The predicted molar refractivity (Wildman–Crippen MR) is 69.4 cm³/mol. The van der Waals surface area contributed by atoms with Crippen molar-refractivity contribution in [2.45, 2.75) is 20.3 Å². The van der Waals surface area contributed by atoms with Gasteiger partial charge >= 0.3 is 0 Å². The van der Waals surface area contributed by atoms with E-state index in [4.69, 9.17) is 0 Å². The summed E-state index contributed by atoms with van der Waals surface area (Å²) in [5.74, 6) is 1.38. The van der Waals surface area contributed by atoms with Crippen LogP contribution in [0.3, 0.4) is 0 Å². The fourth-order valence-corrected chi connectivity index (χ4v) is 1.98. The summed E-state index contributed by atoms with van der Waals surface area (Å²) in [7, 11) is 0. The number of hydrogen-bond acceptors (Lipinski definition) is 0. The summed E-state index contributed by atoms with van der Waals surface area (Å²) in [4.78, 5) is 0. The van der Waals surface area contributed by atoms with Crippen LogP contribution in [0.15, 0.2) is 54.6 Å². The molecule has 1 radical (unpaired) electrons. The van der Waals surface area contributed by atoms with Gasteiger partial charge in [0.2, 0.25) is 0 Å². The zero-order chi connectivity index (χ0) is 11.4. The summed E-state index contributed by atoms with van der Waals surface area (Å²) in [5.41, 5.74) is 4.16. The zero-order valence-corrected chi connectivity index (χ0v) is 9.90. The minimum Gasteiger partial charge on any atom is -0.0622 e. The molecule has 0 nitrogen and oxygen atoms in total. The van der Waals surface area contributed by atoms with Crippen molar-refractivity contribution in [2.24, 2.45) is 0 Å². The maximum absolute atomic E-state index is 2.22. The molecule has 0 atom stereocenters. The molecule has 0 spiro atoms. The quantitative estimate of drug-likeness (QED) is 0.709. The van der Waals surface area contributed by atoms with E-state index in [9.17, 15) is 0 Å². The maximum atomic E-state index is 2.22. The van der Waals surface area contributed by atoms with Crippen molar-refractivity contribution >= 4 is 0 Å². The molecule has 0 aromatic heterocycles. The van der Waals surface area contributed by atoms with Gasteiger partial charge in [-0.15, -0.1) is 0 Å². The van der Waals surface area contributed by atoms with Gasteiger partial charge in [-0.25, -0.2) is 0 Å². The first kappa shape index (κ1) is 10.9. The smallest absolute Gasteiger partial charge is 0.000910 e. The average molecular weight is 209 g/mol. The molecule has 0 saturated heterocycles. The second-order valence-electron chi connectivity index (χ2n) is 4.32. The molecule has 0 amide bonds. The lowest BCUT2D eigenvalue weighted by atomic mass is 9.93. The Morgan fingerprint density at radius 1 is 0.812 bits per heavy atom. The molecule has 0 N–H and O–H groups in total. The molecule has 2 aromatic rings. The third-order valence-corrected chi connectivity index (χ3v) is 2.79. The molecule has 2 rings (SSSR count). The highest BCUT2D eigenvalue weighted by molar-refractivity contribution is 5.39. The van der Waals surface area contributed by atoms with E-state index in [0.29, 0.717) is 0 Å². The number of rotatable bonds is 3. The molecular weight excluding hydrogens is 192 g/mol. The van der Waals surface area contributed by atoms with Gasteiger partial charge in [-0.2, -0.15) is 0 Å². The predicted octanol–water partition coefficient (Wildman–Crippen LogP) is 4.24. The van der Waals surface area contributed by atoms with Gasteiger partial charge < -0.3 is 0 Å². The Balaban J connectivity index is 2.28. The molecule has 0 aliphatic carbocycles. The van der Waals surface area contributed by atoms with Gasteiger partial charge in [-0.05, 0) is 29.0 Å². The highest BCUT2D eigenvalue weighted by Gasteiger charge is 2.06. The fourth-order valence-electron chi connectivity index (χ4n) is 1.98. The SMILES string of the molecule is C[C](C)c1ccccc1Cc1ccccc1. The highest BCUT2D eigenvalue weighted by Crippen LogP contribution is 2.20. The first-order valence-electron chi connectivity index (χ1n) is 5.70. The van der Waals surface area contributed by atoms with Crippen LogP contribution >= 0.6 is 0 Å². The van der Waals surface area contributed by atoms with E-state index in [1.165, 1.54) is 22.6 Å². The first-order chi connectivity index (χ1) is 7.77. The van der Waals surface area contributed by atoms with Crippen molar-refractivity contribution in [1.29, 1.82) is 0 Å². The standard InChI is InChI=1S/C16H17/c1-13(2)16-11-7-6-10-15(16)12-14-8-4-3-5-9-14/h3-11H,12H2,1-2H3. The molecule has 81 valence electrons. The molecule has 0 aliphatic rings. The van der Waals surface area contributed by atoms with E-state index in [0.717, 1.165) is 6.42 Å². The van der Waals surface area contributed by atoms with Gasteiger partial charge in [0.25, 0.3) is 0 Å². The van der Waals surface area contributed by atoms with E-state index in [1.54, 1.807) is 0 Å². The van der Waals surface area contributed by atoms with E-state index in [-0.39, 0.29) is 0 Å². The lowest BCUT2D eigenvalue weighted by Crippen LogP contribution is -1.97. The topological polar surface area (TPSA) is 0 Å². The Morgan fingerprint density at radius 3 is 2.12 bits per heavy atom. The van der Waals surface area contributed by atoms with Crippen LogP contribution in [0, 0.1) is 5.92 Å². The van der Waals surface area contributed by atoms with Crippen LogP contribution in [0.4, 0.5) is 0 Å². The summed E-state index contributed by atoms with van der Waals surface area (Å²) in [6, 6.07) is 19.3. The normalized spacial score (nSPS) is 10.7. The maximum Gasteiger partial charge on any atom is -0.000910 e. The van der Waals surface area contributed by atoms with Crippen LogP contribution < -0.4 is 0 Å². The monoisotopic (exact) mass is 209 g/mol. The third-order valence-electron chi connectivity index (χ3n) is 2.79. The van der Waals surface area contributed by atoms with Gasteiger partial charge in [0.1, 0.15) is 0 Å². The fraction of sp³-hybridized carbons (Fsp3) is 0.188. The van der Waals surface area contributed by atoms with Crippen molar-refractivity contribution in [3.63, 3.8) is 0 Å². The summed E-state index contributed by atoms with van der Waals surface area (Å²) in [6.45, 7) is 4.34. The molecule has 16 heavy (non-hydrogen) atoms.